The van der Waals surface area contributed by atoms with E-state index in [0.717, 1.165) is 5.56 Å². The molecule has 0 heterocycles. The highest BCUT2D eigenvalue weighted by Gasteiger charge is 2.24. The van der Waals surface area contributed by atoms with E-state index in [1.54, 1.807) is 6.07 Å². The van der Waals surface area contributed by atoms with Gasteiger partial charge in [0.2, 0.25) is 0 Å². The largest absolute Gasteiger partial charge is 0.507 e. The van der Waals surface area contributed by atoms with Gasteiger partial charge in [-0.1, -0.05) is 33.8 Å². The van der Waals surface area contributed by atoms with Crippen molar-refractivity contribution in [3.63, 3.8) is 0 Å². The van der Waals surface area contributed by atoms with Crippen molar-refractivity contribution in [3.05, 3.63) is 28.8 Å². The molecule has 3 amide bonds. The first-order chi connectivity index (χ1) is 11.6. The number of hydrogen-bond donors (Lipinski definition) is 3. The Kier molecular flexibility index (Phi) is 6.97. The van der Waals surface area contributed by atoms with E-state index in [-0.39, 0.29) is 23.1 Å². The maximum Gasteiger partial charge on any atom is 0.342 e. The molecule has 0 aliphatic carbocycles. The molecule has 0 fully saturated rings. The minimum absolute atomic E-state index is 0.00879. The van der Waals surface area contributed by atoms with Crippen LogP contribution in [0, 0.1) is 0 Å². The summed E-state index contributed by atoms with van der Waals surface area (Å²) in [6.07, 6.45) is -1.19. The second-order valence-corrected chi connectivity index (χ2v) is 6.43. The van der Waals surface area contributed by atoms with E-state index >= 15 is 0 Å². The third kappa shape index (κ3) is 5.20. The van der Waals surface area contributed by atoms with Crippen LogP contribution in [0.15, 0.2) is 12.1 Å². The van der Waals surface area contributed by atoms with Crippen molar-refractivity contribution >= 4 is 17.9 Å². The molecule has 0 bridgehead atoms. The fourth-order valence-electron chi connectivity index (χ4n) is 2.16. The Morgan fingerprint density at radius 1 is 1.04 bits per heavy atom. The predicted octanol–water partition coefficient (Wildman–Crippen LogP) is 2.64. The quantitative estimate of drug-likeness (QED) is 0.708. The Balaban J connectivity index is 3.08. The lowest BCUT2D eigenvalue weighted by Crippen LogP contribution is -2.43. The smallest absolute Gasteiger partial charge is 0.342 e. The molecule has 0 aliphatic rings. The minimum Gasteiger partial charge on any atom is -0.507 e. The molecule has 0 aliphatic heterocycles. The molecule has 3 N–H and O–H groups in total. The summed E-state index contributed by atoms with van der Waals surface area (Å²) < 4.78 is 5.10. The van der Waals surface area contributed by atoms with E-state index < -0.39 is 24.0 Å². The third-order valence-corrected chi connectivity index (χ3v) is 3.79. The van der Waals surface area contributed by atoms with Crippen molar-refractivity contribution < 1.29 is 24.2 Å². The monoisotopic (exact) mass is 350 g/mol. The van der Waals surface area contributed by atoms with Crippen LogP contribution >= 0.6 is 0 Å². The van der Waals surface area contributed by atoms with Gasteiger partial charge in [-0.15, -0.1) is 0 Å². The van der Waals surface area contributed by atoms with Crippen LogP contribution in [0.4, 0.5) is 4.79 Å². The lowest BCUT2D eigenvalue weighted by Gasteiger charge is -2.18. The van der Waals surface area contributed by atoms with E-state index in [2.05, 4.69) is 5.32 Å². The fourth-order valence-corrected chi connectivity index (χ4v) is 2.16. The molecular formula is C18H26N2O5. The normalized spacial score (nSPS) is 12.0. The SMILES string of the molecule is CNC(=O)NC(=O)[C@H](C)OC(=O)c1cc(C(C)C)cc(C(C)C)c1O. The molecule has 138 valence electrons. The molecule has 1 atom stereocenters. The molecule has 0 aromatic heterocycles. The third-order valence-electron chi connectivity index (χ3n) is 3.79. The average Bonchev–Trinajstić information content (AvgIpc) is 2.53. The van der Waals surface area contributed by atoms with Crippen molar-refractivity contribution in [2.24, 2.45) is 0 Å². The number of esters is 1. The summed E-state index contributed by atoms with van der Waals surface area (Å²) in [5.41, 5.74) is 1.53. The van der Waals surface area contributed by atoms with Gasteiger partial charge >= 0.3 is 12.0 Å². The van der Waals surface area contributed by atoms with Crippen LogP contribution in [0.1, 0.15) is 67.9 Å². The van der Waals surface area contributed by atoms with Gasteiger partial charge in [-0.25, -0.2) is 9.59 Å². The van der Waals surface area contributed by atoms with Gasteiger partial charge in [0, 0.05) is 7.05 Å². The Labute approximate surface area is 147 Å². The number of phenols is 1. The predicted molar refractivity (Wildman–Crippen MR) is 93.8 cm³/mol. The van der Waals surface area contributed by atoms with Crippen molar-refractivity contribution in [2.75, 3.05) is 7.05 Å². The van der Waals surface area contributed by atoms with Gasteiger partial charge in [0.15, 0.2) is 6.10 Å². The second kappa shape index (κ2) is 8.50. The molecule has 7 heteroatoms. The zero-order chi connectivity index (χ0) is 19.3. The van der Waals surface area contributed by atoms with Crippen molar-refractivity contribution in [1.82, 2.24) is 10.6 Å². The molecule has 0 saturated heterocycles. The van der Waals surface area contributed by atoms with Crippen LogP contribution in [-0.2, 0) is 9.53 Å². The first kappa shape index (κ1) is 20.5. The number of amides is 3. The summed E-state index contributed by atoms with van der Waals surface area (Å²) in [4.78, 5) is 35.4. The van der Waals surface area contributed by atoms with Crippen LogP contribution in [-0.4, -0.2) is 36.2 Å². The van der Waals surface area contributed by atoms with Crippen molar-refractivity contribution in [3.8, 4) is 5.75 Å². The van der Waals surface area contributed by atoms with Gasteiger partial charge in [-0.05, 0) is 36.0 Å². The van der Waals surface area contributed by atoms with E-state index in [1.165, 1.54) is 14.0 Å². The number of phenolic OH excluding ortho intramolecular Hbond substituents is 1. The summed E-state index contributed by atoms with van der Waals surface area (Å²) >= 11 is 0. The summed E-state index contributed by atoms with van der Waals surface area (Å²) in [6.45, 7) is 9.13. The topological polar surface area (TPSA) is 105 Å². The van der Waals surface area contributed by atoms with Gasteiger partial charge in [0.05, 0.1) is 0 Å². The Hall–Kier alpha value is -2.57. The first-order valence-electron chi connectivity index (χ1n) is 8.18. The fraction of sp³-hybridized carbons (Fsp3) is 0.500. The molecule has 1 rings (SSSR count). The second-order valence-electron chi connectivity index (χ2n) is 6.43. The molecule has 1 aromatic rings. The highest BCUT2D eigenvalue weighted by atomic mass is 16.5. The van der Waals surface area contributed by atoms with Crippen molar-refractivity contribution in [1.29, 1.82) is 0 Å². The van der Waals surface area contributed by atoms with Crippen molar-refractivity contribution in [2.45, 2.75) is 52.6 Å². The van der Waals surface area contributed by atoms with Gasteiger partial charge in [0.25, 0.3) is 5.91 Å². The average molecular weight is 350 g/mol. The highest BCUT2D eigenvalue weighted by Crippen LogP contribution is 2.33. The van der Waals surface area contributed by atoms with Gasteiger partial charge in [-0.3, -0.25) is 10.1 Å². The number of nitrogens with one attached hydrogen (secondary N) is 2. The lowest BCUT2D eigenvalue weighted by atomic mass is 9.92. The van der Waals surface area contributed by atoms with E-state index in [4.69, 9.17) is 4.74 Å². The Bertz CT molecular complexity index is 668. The number of benzene rings is 1. The molecular weight excluding hydrogens is 324 g/mol. The van der Waals surface area contributed by atoms with Crippen LogP contribution in [0.25, 0.3) is 0 Å². The number of carbonyl (C=O) groups is 3. The maximum absolute atomic E-state index is 12.4. The molecule has 25 heavy (non-hydrogen) atoms. The van der Waals surface area contributed by atoms with Gasteiger partial charge in [-0.2, -0.15) is 0 Å². The molecule has 0 spiro atoms. The van der Waals surface area contributed by atoms with Crippen LogP contribution in [0.3, 0.4) is 0 Å². The Morgan fingerprint density at radius 2 is 1.64 bits per heavy atom. The molecule has 0 radical (unpaired) electrons. The molecule has 0 unspecified atom stereocenters. The van der Waals surface area contributed by atoms with Crippen LogP contribution in [0.5, 0.6) is 5.75 Å². The number of urea groups is 1. The van der Waals surface area contributed by atoms with Gasteiger partial charge in [0.1, 0.15) is 11.3 Å². The van der Waals surface area contributed by atoms with E-state index in [1.807, 2.05) is 39.1 Å². The van der Waals surface area contributed by atoms with Crippen LogP contribution in [0.2, 0.25) is 0 Å². The molecule has 7 nitrogen and oxygen atoms in total. The number of imide groups is 1. The summed E-state index contributed by atoms with van der Waals surface area (Å²) in [5, 5.41) is 14.7. The minimum atomic E-state index is -1.19. The zero-order valence-electron chi connectivity index (χ0n) is 15.5. The summed E-state index contributed by atoms with van der Waals surface area (Å²) in [6, 6.07) is 2.74. The number of hydrogen-bond acceptors (Lipinski definition) is 5. The Morgan fingerprint density at radius 3 is 2.12 bits per heavy atom. The van der Waals surface area contributed by atoms with E-state index in [9.17, 15) is 19.5 Å². The lowest BCUT2D eigenvalue weighted by molar-refractivity contribution is -0.127. The van der Waals surface area contributed by atoms with Gasteiger partial charge < -0.3 is 15.2 Å². The van der Waals surface area contributed by atoms with Crippen LogP contribution < -0.4 is 10.6 Å². The summed E-state index contributed by atoms with van der Waals surface area (Å²) in [7, 11) is 1.36. The standard InChI is InChI=1S/C18H26N2O5/c1-9(2)12-7-13(10(3)4)15(21)14(8-12)17(23)25-11(5)16(22)20-18(24)19-6/h7-11,21H,1-6H3,(H2,19,20,22,24)/t11-/m0/s1. The number of aromatic hydroxyl groups is 1. The molecule has 0 saturated carbocycles. The maximum atomic E-state index is 12.4. The summed E-state index contributed by atoms with van der Waals surface area (Å²) in [5.74, 6) is -1.56. The number of ether oxygens (including phenoxy) is 1. The highest BCUT2D eigenvalue weighted by molar-refractivity contribution is 5.99. The van der Waals surface area contributed by atoms with E-state index in [0.29, 0.717) is 5.56 Å². The number of rotatable bonds is 5. The zero-order valence-corrected chi connectivity index (χ0v) is 15.5. The first-order valence-corrected chi connectivity index (χ1v) is 8.18. The number of carbonyl (C=O) groups excluding carboxylic acids is 3. The molecule has 1 aromatic carbocycles.